The normalized spacial score (nSPS) is 10.1. The molecule has 0 fully saturated rings. The number of para-hydroxylation sites is 1. The Morgan fingerprint density at radius 3 is 2.75 bits per heavy atom. The maximum Gasteiger partial charge on any atom is 0.293 e. The molecule has 0 saturated heterocycles. The van der Waals surface area contributed by atoms with Gasteiger partial charge in [-0.1, -0.05) is 6.07 Å². The second-order valence-electron chi connectivity index (χ2n) is 4.06. The van der Waals surface area contributed by atoms with E-state index in [0.29, 0.717) is 5.69 Å². The Balaban J connectivity index is 2.34. The summed E-state index contributed by atoms with van der Waals surface area (Å²) in [5, 5.41) is 20.2. The van der Waals surface area contributed by atoms with Gasteiger partial charge in [0.2, 0.25) is 0 Å². The number of carbonyl (C=O) groups excluding carboxylic acids is 1. The summed E-state index contributed by atoms with van der Waals surface area (Å²) in [4.78, 5) is 22.6. The van der Waals surface area contributed by atoms with Gasteiger partial charge in [-0.2, -0.15) is 5.10 Å². The molecule has 2 rings (SSSR count). The molecule has 0 aliphatic carbocycles. The van der Waals surface area contributed by atoms with Gasteiger partial charge < -0.3 is 10.6 Å². The molecule has 20 heavy (non-hydrogen) atoms. The van der Waals surface area contributed by atoms with Crippen molar-refractivity contribution in [1.82, 2.24) is 9.78 Å². The molecule has 0 unspecified atom stereocenters. The zero-order chi connectivity index (χ0) is 14.7. The molecule has 1 amide bonds. The standard InChI is InChI=1S/C12H13N5O3/c1-13-11-9(4-3-5-10(11)17(19)20)12(18)15-8-6-14-16(2)7-8/h3-7,13H,1-2H3,(H,15,18). The zero-order valence-electron chi connectivity index (χ0n) is 11.0. The van der Waals surface area contributed by atoms with Gasteiger partial charge in [0.25, 0.3) is 11.6 Å². The van der Waals surface area contributed by atoms with Crippen LogP contribution in [0.15, 0.2) is 30.6 Å². The topological polar surface area (TPSA) is 102 Å². The Bertz CT molecular complexity index is 665. The molecule has 0 radical (unpaired) electrons. The first kappa shape index (κ1) is 13.5. The van der Waals surface area contributed by atoms with Crippen LogP contribution in [0.4, 0.5) is 17.1 Å². The van der Waals surface area contributed by atoms with Crippen molar-refractivity contribution in [3.8, 4) is 0 Å². The van der Waals surface area contributed by atoms with Crippen LogP contribution in [0.3, 0.4) is 0 Å². The quantitative estimate of drug-likeness (QED) is 0.652. The average Bonchev–Trinajstić information content (AvgIpc) is 2.82. The number of nitrogens with zero attached hydrogens (tertiary/aromatic N) is 3. The number of nitro benzene ring substituents is 1. The first-order valence-electron chi connectivity index (χ1n) is 5.78. The number of hydrogen-bond donors (Lipinski definition) is 2. The number of nitro groups is 1. The number of amides is 1. The Labute approximate surface area is 114 Å². The maximum absolute atomic E-state index is 12.2. The second-order valence-corrected chi connectivity index (χ2v) is 4.06. The minimum Gasteiger partial charge on any atom is -0.382 e. The number of hydrogen-bond acceptors (Lipinski definition) is 5. The molecule has 1 heterocycles. The van der Waals surface area contributed by atoms with Crippen molar-refractivity contribution < 1.29 is 9.72 Å². The van der Waals surface area contributed by atoms with Gasteiger partial charge in [-0.15, -0.1) is 0 Å². The maximum atomic E-state index is 12.2. The fourth-order valence-electron chi connectivity index (χ4n) is 1.83. The summed E-state index contributed by atoms with van der Waals surface area (Å²) < 4.78 is 1.54. The van der Waals surface area contributed by atoms with Crippen molar-refractivity contribution in [2.75, 3.05) is 17.7 Å². The van der Waals surface area contributed by atoms with Gasteiger partial charge in [0.15, 0.2) is 0 Å². The van der Waals surface area contributed by atoms with Gasteiger partial charge in [-0.25, -0.2) is 0 Å². The van der Waals surface area contributed by atoms with E-state index in [2.05, 4.69) is 15.7 Å². The summed E-state index contributed by atoms with van der Waals surface area (Å²) in [7, 11) is 3.26. The van der Waals surface area contributed by atoms with Crippen LogP contribution in [-0.4, -0.2) is 27.7 Å². The number of aryl methyl sites for hydroxylation is 1. The SMILES string of the molecule is CNc1c(C(=O)Nc2cnn(C)c2)cccc1[N+](=O)[O-]. The van der Waals surface area contributed by atoms with E-state index in [1.165, 1.54) is 31.4 Å². The van der Waals surface area contributed by atoms with E-state index in [0.717, 1.165) is 0 Å². The molecule has 1 aromatic heterocycles. The number of anilines is 2. The summed E-state index contributed by atoms with van der Waals surface area (Å²) >= 11 is 0. The van der Waals surface area contributed by atoms with Crippen molar-refractivity contribution in [3.05, 3.63) is 46.3 Å². The van der Waals surface area contributed by atoms with Crippen molar-refractivity contribution in [3.63, 3.8) is 0 Å². The van der Waals surface area contributed by atoms with Crippen molar-refractivity contribution in [1.29, 1.82) is 0 Å². The van der Waals surface area contributed by atoms with Crippen molar-refractivity contribution >= 4 is 23.0 Å². The highest BCUT2D eigenvalue weighted by molar-refractivity contribution is 6.09. The van der Waals surface area contributed by atoms with E-state index in [4.69, 9.17) is 0 Å². The van der Waals surface area contributed by atoms with Crippen LogP contribution >= 0.6 is 0 Å². The van der Waals surface area contributed by atoms with Crippen LogP contribution < -0.4 is 10.6 Å². The molecule has 104 valence electrons. The molecular weight excluding hydrogens is 262 g/mol. The molecule has 0 saturated carbocycles. The third-order valence-electron chi connectivity index (χ3n) is 2.70. The lowest BCUT2D eigenvalue weighted by molar-refractivity contribution is -0.384. The van der Waals surface area contributed by atoms with Crippen LogP contribution in [0.25, 0.3) is 0 Å². The van der Waals surface area contributed by atoms with Crippen LogP contribution in [0, 0.1) is 10.1 Å². The Hall–Kier alpha value is -2.90. The molecule has 1 aromatic carbocycles. The number of benzene rings is 1. The summed E-state index contributed by atoms with van der Waals surface area (Å²) in [5.74, 6) is -0.439. The monoisotopic (exact) mass is 275 g/mol. The van der Waals surface area contributed by atoms with Crippen molar-refractivity contribution in [2.45, 2.75) is 0 Å². The van der Waals surface area contributed by atoms with Crippen LogP contribution in [0.2, 0.25) is 0 Å². The number of aromatic nitrogens is 2. The summed E-state index contributed by atoms with van der Waals surface area (Å²) in [5.41, 5.74) is 0.752. The number of carbonyl (C=O) groups is 1. The molecule has 8 heteroatoms. The van der Waals surface area contributed by atoms with E-state index < -0.39 is 10.8 Å². The molecule has 2 aromatic rings. The lowest BCUT2D eigenvalue weighted by Crippen LogP contribution is -2.14. The van der Waals surface area contributed by atoms with E-state index in [1.54, 1.807) is 17.9 Å². The Morgan fingerprint density at radius 2 is 2.20 bits per heavy atom. The van der Waals surface area contributed by atoms with Crippen LogP contribution in [-0.2, 0) is 7.05 Å². The Kier molecular flexibility index (Phi) is 3.65. The van der Waals surface area contributed by atoms with E-state index in [-0.39, 0.29) is 16.9 Å². The van der Waals surface area contributed by atoms with Gasteiger partial charge in [0.05, 0.1) is 22.4 Å². The van der Waals surface area contributed by atoms with Gasteiger partial charge >= 0.3 is 0 Å². The lowest BCUT2D eigenvalue weighted by atomic mass is 10.1. The first-order chi connectivity index (χ1) is 9.52. The smallest absolute Gasteiger partial charge is 0.293 e. The highest BCUT2D eigenvalue weighted by Gasteiger charge is 2.20. The van der Waals surface area contributed by atoms with Gasteiger partial charge in [0.1, 0.15) is 5.69 Å². The second kappa shape index (κ2) is 5.39. The predicted molar refractivity (Wildman–Crippen MR) is 73.8 cm³/mol. The van der Waals surface area contributed by atoms with Gasteiger partial charge in [-0.05, 0) is 6.07 Å². The molecular formula is C12H13N5O3. The van der Waals surface area contributed by atoms with Crippen LogP contribution in [0.5, 0.6) is 0 Å². The fraction of sp³-hybridized carbons (Fsp3) is 0.167. The molecule has 0 spiro atoms. The minimum atomic E-state index is -0.535. The average molecular weight is 275 g/mol. The minimum absolute atomic E-state index is 0.147. The largest absolute Gasteiger partial charge is 0.382 e. The third kappa shape index (κ3) is 2.58. The van der Waals surface area contributed by atoms with E-state index in [1.807, 2.05) is 0 Å². The molecule has 0 atom stereocenters. The van der Waals surface area contributed by atoms with E-state index >= 15 is 0 Å². The number of nitrogens with one attached hydrogen (secondary N) is 2. The van der Waals surface area contributed by atoms with Gasteiger partial charge in [0, 0.05) is 26.4 Å². The molecule has 0 bridgehead atoms. The van der Waals surface area contributed by atoms with E-state index in [9.17, 15) is 14.9 Å². The third-order valence-corrected chi connectivity index (χ3v) is 2.70. The molecule has 2 N–H and O–H groups in total. The molecule has 8 nitrogen and oxygen atoms in total. The highest BCUT2D eigenvalue weighted by Crippen LogP contribution is 2.28. The summed E-state index contributed by atoms with van der Waals surface area (Å²) in [6.45, 7) is 0. The summed E-state index contributed by atoms with van der Waals surface area (Å²) in [6.07, 6.45) is 3.13. The zero-order valence-corrected chi connectivity index (χ0v) is 11.0. The van der Waals surface area contributed by atoms with Crippen molar-refractivity contribution in [2.24, 2.45) is 7.05 Å². The molecule has 0 aliphatic heterocycles. The van der Waals surface area contributed by atoms with Gasteiger partial charge in [-0.3, -0.25) is 19.6 Å². The fourth-order valence-corrected chi connectivity index (χ4v) is 1.83. The van der Waals surface area contributed by atoms with Crippen LogP contribution in [0.1, 0.15) is 10.4 Å². The lowest BCUT2D eigenvalue weighted by Gasteiger charge is -2.09. The molecule has 0 aliphatic rings. The predicted octanol–water partition coefficient (Wildman–Crippen LogP) is 1.62. The summed E-state index contributed by atoms with van der Waals surface area (Å²) in [6, 6.07) is 4.33. The Morgan fingerprint density at radius 1 is 1.45 bits per heavy atom. The highest BCUT2D eigenvalue weighted by atomic mass is 16.6. The first-order valence-corrected chi connectivity index (χ1v) is 5.78. The number of rotatable bonds is 4.